The second-order valence-electron chi connectivity index (χ2n) is 9.56. The van der Waals surface area contributed by atoms with Crippen LogP contribution >= 0.6 is 0 Å². The summed E-state index contributed by atoms with van der Waals surface area (Å²) in [4.78, 5) is 10.9. The molecular weight excluding hydrogens is 350 g/mol. The molecule has 0 atom stereocenters. The van der Waals surface area contributed by atoms with E-state index in [9.17, 15) is 15.2 Å². The van der Waals surface area contributed by atoms with Gasteiger partial charge in [0.1, 0.15) is 5.75 Å². The van der Waals surface area contributed by atoms with Gasteiger partial charge in [-0.3, -0.25) is 10.1 Å². The number of nitro benzene ring substituents is 1. The van der Waals surface area contributed by atoms with E-state index in [1.54, 1.807) is 13.8 Å². The summed E-state index contributed by atoms with van der Waals surface area (Å²) in [5.74, 6) is 0.360. The molecule has 4 nitrogen and oxygen atoms in total. The third kappa shape index (κ3) is 4.61. The Morgan fingerprint density at radius 1 is 0.821 bits per heavy atom. The molecule has 2 aromatic rings. The van der Waals surface area contributed by atoms with Crippen molar-refractivity contribution in [3.63, 3.8) is 0 Å². The number of nitrogens with zero attached hydrogens (tertiary/aromatic N) is 1. The Kier molecular flexibility index (Phi) is 5.74. The van der Waals surface area contributed by atoms with Gasteiger partial charge in [-0.25, -0.2) is 0 Å². The molecule has 0 bridgehead atoms. The van der Waals surface area contributed by atoms with Crippen LogP contribution in [0.4, 0.5) is 5.69 Å². The van der Waals surface area contributed by atoms with Gasteiger partial charge in [0, 0.05) is 22.3 Å². The van der Waals surface area contributed by atoms with Crippen molar-refractivity contribution in [1.82, 2.24) is 0 Å². The Balaban J connectivity index is 2.56. The molecule has 0 radical (unpaired) electrons. The zero-order valence-corrected chi connectivity index (χ0v) is 18.2. The van der Waals surface area contributed by atoms with Crippen LogP contribution in [0.25, 0.3) is 12.2 Å². The van der Waals surface area contributed by atoms with Gasteiger partial charge in [-0.15, -0.1) is 0 Å². The topological polar surface area (TPSA) is 63.4 Å². The van der Waals surface area contributed by atoms with Crippen molar-refractivity contribution in [2.45, 2.75) is 66.2 Å². The number of hydrogen-bond donors (Lipinski definition) is 1. The van der Waals surface area contributed by atoms with E-state index in [4.69, 9.17) is 0 Å². The van der Waals surface area contributed by atoms with Crippen LogP contribution in [0.15, 0.2) is 24.3 Å². The molecule has 28 heavy (non-hydrogen) atoms. The smallest absolute Gasteiger partial charge is 0.275 e. The first-order valence-electron chi connectivity index (χ1n) is 9.53. The van der Waals surface area contributed by atoms with Crippen molar-refractivity contribution in [1.29, 1.82) is 0 Å². The molecule has 4 heteroatoms. The molecule has 0 unspecified atom stereocenters. The Morgan fingerprint density at radius 3 is 1.50 bits per heavy atom. The van der Waals surface area contributed by atoms with Crippen LogP contribution in [0.2, 0.25) is 0 Å². The van der Waals surface area contributed by atoms with Gasteiger partial charge in [-0.05, 0) is 60.1 Å². The molecule has 0 saturated carbocycles. The van der Waals surface area contributed by atoms with E-state index in [0.717, 1.165) is 22.3 Å². The number of phenols is 1. The second-order valence-corrected chi connectivity index (χ2v) is 9.56. The van der Waals surface area contributed by atoms with Crippen LogP contribution in [0.1, 0.15) is 74.9 Å². The number of phenolic OH excluding ortho intramolecular Hbond substituents is 1. The number of nitro groups is 1. The standard InChI is InChI=1S/C24H31NO3/c1-15-11-17(12-16(2)21(15)25(27)28)9-10-18-13-19(23(3,4)5)22(26)20(14-18)24(6,7)8/h9-14,26H,1-8H3/b10-9+. The van der Waals surface area contributed by atoms with E-state index in [2.05, 4.69) is 41.5 Å². The monoisotopic (exact) mass is 381 g/mol. The Bertz CT molecular complexity index is 883. The van der Waals surface area contributed by atoms with Crippen molar-refractivity contribution in [2.24, 2.45) is 0 Å². The molecule has 2 aromatic carbocycles. The zero-order chi connectivity index (χ0) is 21.4. The van der Waals surface area contributed by atoms with E-state index in [-0.39, 0.29) is 21.4 Å². The van der Waals surface area contributed by atoms with Gasteiger partial charge in [0.25, 0.3) is 5.69 Å². The molecule has 0 spiro atoms. The molecule has 0 fully saturated rings. The summed E-state index contributed by atoms with van der Waals surface area (Å²) < 4.78 is 0. The minimum absolute atomic E-state index is 0.173. The molecule has 0 aliphatic rings. The SMILES string of the molecule is Cc1cc(/C=C/c2cc(C(C)(C)C)c(O)c(C(C)(C)C)c2)cc(C)c1[N+](=O)[O-]. The minimum atomic E-state index is -0.330. The maximum absolute atomic E-state index is 11.2. The summed E-state index contributed by atoms with van der Waals surface area (Å²) in [7, 11) is 0. The molecule has 0 amide bonds. The lowest BCUT2D eigenvalue weighted by Crippen LogP contribution is -2.17. The van der Waals surface area contributed by atoms with Gasteiger partial charge >= 0.3 is 0 Å². The summed E-state index contributed by atoms with van der Waals surface area (Å²) in [6.45, 7) is 16.1. The first kappa shape index (κ1) is 21.7. The number of rotatable bonds is 3. The molecule has 2 rings (SSSR count). The highest BCUT2D eigenvalue weighted by atomic mass is 16.6. The van der Waals surface area contributed by atoms with Crippen molar-refractivity contribution in [3.8, 4) is 5.75 Å². The van der Waals surface area contributed by atoms with Crippen molar-refractivity contribution < 1.29 is 10.0 Å². The predicted molar refractivity (Wildman–Crippen MR) is 117 cm³/mol. The van der Waals surface area contributed by atoms with Crippen LogP contribution in [0, 0.1) is 24.0 Å². The van der Waals surface area contributed by atoms with Crippen LogP contribution in [-0.2, 0) is 10.8 Å². The number of hydrogen-bond acceptors (Lipinski definition) is 3. The van der Waals surface area contributed by atoms with Crippen LogP contribution < -0.4 is 0 Å². The lowest BCUT2D eigenvalue weighted by Gasteiger charge is -2.27. The Labute approximate surface area is 168 Å². The molecule has 1 N–H and O–H groups in total. The zero-order valence-electron chi connectivity index (χ0n) is 18.2. The Morgan fingerprint density at radius 2 is 1.18 bits per heavy atom. The van der Waals surface area contributed by atoms with Gasteiger partial charge < -0.3 is 5.11 Å². The third-order valence-electron chi connectivity index (χ3n) is 4.91. The first-order valence-corrected chi connectivity index (χ1v) is 9.53. The van der Waals surface area contributed by atoms with Gasteiger partial charge in [-0.1, -0.05) is 53.7 Å². The number of aromatic hydroxyl groups is 1. The molecule has 150 valence electrons. The lowest BCUT2D eigenvalue weighted by molar-refractivity contribution is -0.386. The maximum atomic E-state index is 11.2. The highest BCUT2D eigenvalue weighted by Crippen LogP contribution is 2.40. The first-order chi connectivity index (χ1) is 12.7. The van der Waals surface area contributed by atoms with E-state index in [0.29, 0.717) is 16.9 Å². The summed E-state index contributed by atoms with van der Waals surface area (Å²) in [6, 6.07) is 7.70. The van der Waals surface area contributed by atoms with Gasteiger partial charge in [0.05, 0.1) is 4.92 Å². The average molecular weight is 382 g/mol. The fourth-order valence-electron chi connectivity index (χ4n) is 3.46. The van der Waals surface area contributed by atoms with Gasteiger partial charge in [-0.2, -0.15) is 0 Å². The van der Waals surface area contributed by atoms with E-state index in [1.807, 2.05) is 36.4 Å². The van der Waals surface area contributed by atoms with Crippen LogP contribution in [-0.4, -0.2) is 10.0 Å². The van der Waals surface area contributed by atoms with E-state index < -0.39 is 0 Å². The molecule has 0 aliphatic carbocycles. The third-order valence-corrected chi connectivity index (χ3v) is 4.91. The fraction of sp³-hybridized carbons (Fsp3) is 0.417. The molecule has 0 aliphatic heterocycles. The summed E-state index contributed by atoms with van der Waals surface area (Å²) in [6.07, 6.45) is 3.97. The highest BCUT2D eigenvalue weighted by Gasteiger charge is 2.26. The fourth-order valence-corrected chi connectivity index (χ4v) is 3.46. The molecule has 0 saturated heterocycles. The van der Waals surface area contributed by atoms with Gasteiger partial charge in [0.2, 0.25) is 0 Å². The lowest BCUT2D eigenvalue weighted by atomic mass is 9.78. The largest absolute Gasteiger partial charge is 0.507 e. The van der Waals surface area contributed by atoms with E-state index >= 15 is 0 Å². The summed E-state index contributed by atoms with van der Waals surface area (Å²) in [5.41, 5.74) is 4.85. The Hall–Kier alpha value is -2.62. The van der Waals surface area contributed by atoms with Crippen molar-refractivity contribution >= 4 is 17.8 Å². The normalized spacial score (nSPS) is 12.6. The molecular formula is C24H31NO3. The molecule has 0 aromatic heterocycles. The average Bonchev–Trinajstić information content (AvgIpc) is 2.50. The quantitative estimate of drug-likeness (QED) is 0.366. The van der Waals surface area contributed by atoms with Crippen molar-refractivity contribution in [3.05, 3.63) is 67.8 Å². The van der Waals surface area contributed by atoms with Gasteiger partial charge in [0.15, 0.2) is 0 Å². The maximum Gasteiger partial charge on any atom is 0.275 e. The number of aryl methyl sites for hydroxylation is 2. The second kappa shape index (κ2) is 7.42. The summed E-state index contributed by atoms with van der Waals surface area (Å²) >= 11 is 0. The molecule has 0 heterocycles. The summed E-state index contributed by atoms with van der Waals surface area (Å²) in [5, 5.41) is 22.0. The van der Waals surface area contributed by atoms with Crippen molar-refractivity contribution in [2.75, 3.05) is 0 Å². The number of benzene rings is 2. The minimum Gasteiger partial charge on any atom is -0.507 e. The predicted octanol–water partition coefficient (Wildman–Crippen LogP) is 6.68. The van der Waals surface area contributed by atoms with Crippen LogP contribution in [0.5, 0.6) is 5.75 Å². The highest BCUT2D eigenvalue weighted by molar-refractivity contribution is 5.73. The van der Waals surface area contributed by atoms with Crippen LogP contribution in [0.3, 0.4) is 0 Å². The van der Waals surface area contributed by atoms with E-state index in [1.165, 1.54) is 0 Å².